The monoisotopic (exact) mass is 322 g/mol. The zero-order valence-corrected chi connectivity index (χ0v) is 12.1. The van der Waals surface area contributed by atoms with Crippen LogP contribution in [0, 0.1) is 5.82 Å². The minimum absolute atomic E-state index is 0.0890. The molecule has 6 heteroatoms. The maximum Gasteiger partial charge on any atom is 0.178 e. The lowest BCUT2D eigenvalue weighted by Gasteiger charge is -2.06. The lowest BCUT2D eigenvalue weighted by atomic mass is 10.0. The van der Waals surface area contributed by atoms with Crippen molar-refractivity contribution in [2.45, 2.75) is 0 Å². The van der Waals surface area contributed by atoms with Crippen molar-refractivity contribution in [1.82, 2.24) is 5.16 Å². The molecule has 2 aromatic carbocycles. The molecular weight excluding hydrogens is 314 g/mol. The van der Waals surface area contributed by atoms with E-state index in [1.165, 1.54) is 6.07 Å². The van der Waals surface area contributed by atoms with Gasteiger partial charge in [0.2, 0.25) is 0 Å². The molecule has 0 unspecified atom stereocenters. The molecule has 0 aliphatic rings. The number of rotatable bonds is 2. The molecule has 0 spiro atoms. The number of nitrogen functional groups attached to an aromatic ring is 1. The van der Waals surface area contributed by atoms with Gasteiger partial charge in [0.25, 0.3) is 0 Å². The second kappa shape index (κ2) is 5.39. The maximum absolute atomic E-state index is 14.0. The molecule has 1 aromatic heterocycles. The van der Waals surface area contributed by atoms with Gasteiger partial charge in [0.15, 0.2) is 11.6 Å². The van der Waals surface area contributed by atoms with Crippen molar-refractivity contribution >= 4 is 29.0 Å². The van der Waals surface area contributed by atoms with Crippen LogP contribution in [0.15, 0.2) is 47.0 Å². The van der Waals surface area contributed by atoms with E-state index in [2.05, 4.69) is 5.16 Å². The molecule has 3 rings (SSSR count). The van der Waals surface area contributed by atoms with Crippen molar-refractivity contribution in [2.75, 3.05) is 5.73 Å². The average molecular weight is 323 g/mol. The zero-order chi connectivity index (χ0) is 15.0. The molecule has 0 bridgehead atoms. The number of halogens is 3. The van der Waals surface area contributed by atoms with E-state index in [9.17, 15) is 4.39 Å². The average Bonchev–Trinajstić information content (AvgIpc) is 2.84. The summed E-state index contributed by atoms with van der Waals surface area (Å²) >= 11 is 12.1. The molecule has 3 aromatic rings. The molecule has 1 heterocycles. The minimum atomic E-state index is -0.424. The Labute approximate surface area is 130 Å². The highest BCUT2D eigenvalue weighted by Crippen LogP contribution is 2.41. The predicted molar refractivity (Wildman–Crippen MR) is 81.8 cm³/mol. The molecule has 0 aliphatic heterocycles. The van der Waals surface area contributed by atoms with Crippen LogP contribution >= 0.6 is 23.2 Å². The molecule has 0 radical (unpaired) electrons. The van der Waals surface area contributed by atoms with Crippen LogP contribution in [0.4, 0.5) is 10.2 Å². The lowest BCUT2D eigenvalue weighted by molar-refractivity contribution is 0.436. The normalized spacial score (nSPS) is 10.8. The Bertz CT molecular complexity index is 817. The number of anilines is 1. The van der Waals surface area contributed by atoms with Crippen LogP contribution in [0.3, 0.4) is 0 Å². The molecule has 0 fully saturated rings. The van der Waals surface area contributed by atoms with Gasteiger partial charge in [-0.1, -0.05) is 46.6 Å². The SMILES string of the molecule is Nc1noc(-c2cc(Cl)ccc2Cl)c1-c1ccccc1F. The quantitative estimate of drug-likeness (QED) is 0.719. The Hall–Kier alpha value is -2.04. The van der Waals surface area contributed by atoms with Crippen molar-refractivity contribution in [1.29, 1.82) is 0 Å². The summed E-state index contributed by atoms with van der Waals surface area (Å²) in [4.78, 5) is 0. The zero-order valence-electron chi connectivity index (χ0n) is 10.6. The molecule has 0 aliphatic carbocycles. The molecule has 0 saturated carbocycles. The van der Waals surface area contributed by atoms with Crippen LogP contribution in [-0.2, 0) is 0 Å². The Morgan fingerprint density at radius 2 is 1.81 bits per heavy atom. The fourth-order valence-electron chi connectivity index (χ4n) is 2.08. The van der Waals surface area contributed by atoms with E-state index in [0.29, 0.717) is 26.7 Å². The van der Waals surface area contributed by atoms with Gasteiger partial charge < -0.3 is 10.3 Å². The van der Waals surface area contributed by atoms with E-state index in [1.807, 2.05) is 0 Å². The van der Waals surface area contributed by atoms with Gasteiger partial charge >= 0.3 is 0 Å². The summed E-state index contributed by atoms with van der Waals surface area (Å²) in [7, 11) is 0. The number of hydrogen-bond donors (Lipinski definition) is 1. The van der Waals surface area contributed by atoms with Gasteiger partial charge in [-0.15, -0.1) is 0 Å². The predicted octanol–water partition coefficient (Wildman–Crippen LogP) is 5.04. The van der Waals surface area contributed by atoms with Crippen LogP contribution in [0.1, 0.15) is 0 Å². The second-order valence-electron chi connectivity index (χ2n) is 4.38. The van der Waals surface area contributed by atoms with Crippen LogP contribution in [-0.4, -0.2) is 5.16 Å². The first-order chi connectivity index (χ1) is 10.1. The second-order valence-corrected chi connectivity index (χ2v) is 5.22. The Balaban J connectivity index is 2.27. The standard InChI is InChI=1S/C15H9Cl2FN2O/c16-8-5-6-11(17)10(7-8)14-13(15(19)20-21-14)9-3-1-2-4-12(9)18/h1-7H,(H2,19,20). The van der Waals surface area contributed by atoms with E-state index in [1.54, 1.807) is 36.4 Å². The first-order valence-corrected chi connectivity index (χ1v) is 6.79. The topological polar surface area (TPSA) is 52.0 Å². The summed E-state index contributed by atoms with van der Waals surface area (Å²) in [5.74, 6) is -0.0527. The van der Waals surface area contributed by atoms with Gasteiger partial charge in [0, 0.05) is 16.1 Å². The first kappa shape index (κ1) is 13.9. The lowest BCUT2D eigenvalue weighted by Crippen LogP contribution is -1.91. The summed E-state index contributed by atoms with van der Waals surface area (Å²) in [6.07, 6.45) is 0. The van der Waals surface area contributed by atoms with Crippen molar-refractivity contribution in [2.24, 2.45) is 0 Å². The number of benzene rings is 2. The van der Waals surface area contributed by atoms with Gasteiger partial charge in [0.1, 0.15) is 5.82 Å². The van der Waals surface area contributed by atoms with E-state index in [4.69, 9.17) is 33.5 Å². The van der Waals surface area contributed by atoms with Gasteiger partial charge in [-0.25, -0.2) is 4.39 Å². The van der Waals surface area contributed by atoms with Crippen LogP contribution < -0.4 is 5.73 Å². The van der Waals surface area contributed by atoms with Gasteiger partial charge in [0.05, 0.1) is 10.6 Å². The molecule has 2 N–H and O–H groups in total. The molecule has 0 atom stereocenters. The van der Waals surface area contributed by atoms with Crippen molar-refractivity contribution < 1.29 is 8.91 Å². The van der Waals surface area contributed by atoms with E-state index < -0.39 is 5.82 Å². The smallest absolute Gasteiger partial charge is 0.178 e. The van der Waals surface area contributed by atoms with E-state index in [-0.39, 0.29) is 11.6 Å². The highest BCUT2D eigenvalue weighted by Gasteiger charge is 2.22. The van der Waals surface area contributed by atoms with Gasteiger partial charge in [-0.05, 0) is 24.3 Å². The van der Waals surface area contributed by atoms with Crippen LogP contribution in [0.25, 0.3) is 22.5 Å². The minimum Gasteiger partial charge on any atom is -0.380 e. The van der Waals surface area contributed by atoms with Crippen molar-refractivity contribution in [3.05, 3.63) is 58.3 Å². The Morgan fingerprint density at radius 1 is 1.05 bits per heavy atom. The van der Waals surface area contributed by atoms with Gasteiger partial charge in [-0.2, -0.15) is 0 Å². The first-order valence-electron chi connectivity index (χ1n) is 6.03. The highest BCUT2D eigenvalue weighted by molar-refractivity contribution is 6.35. The fraction of sp³-hybridized carbons (Fsp3) is 0. The summed E-state index contributed by atoms with van der Waals surface area (Å²) in [6.45, 7) is 0. The highest BCUT2D eigenvalue weighted by atomic mass is 35.5. The third-order valence-electron chi connectivity index (χ3n) is 3.03. The number of hydrogen-bond acceptors (Lipinski definition) is 3. The van der Waals surface area contributed by atoms with Crippen molar-refractivity contribution in [3.63, 3.8) is 0 Å². The summed E-state index contributed by atoms with van der Waals surface area (Å²) < 4.78 is 19.3. The Morgan fingerprint density at radius 3 is 2.57 bits per heavy atom. The fourth-order valence-corrected chi connectivity index (χ4v) is 2.46. The summed E-state index contributed by atoms with van der Waals surface area (Å²) in [5.41, 5.74) is 6.98. The third-order valence-corrected chi connectivity index (χ3v) is 3.60. The molecule has 0 saturated heterocycles. The number of nitrogens with zero attached hydrogens (tertiary/aromatic N) is 1. The third kappa shape index (κ3) is 2.48. The number of nitrogens with two attached hydrogens (primary N) is 1. The maximum atomic E-state index is 14.0. The largest absolute Gasteiger partial charge is 0.380 e. The van der Waals surface area contributed by atoms with Crippen molar-refractivity contribution in [3.8, 4) is 22.5 Å². The van der Waals surface area contributed by atoms with Gasteiger partial charge in [-0.3, -0.25) is 0 Å². The van der Waals surface area contributed by atoms with Crippen LogP contribution in [0.5, 0.6) is 0 Å². The number of aromatic nitrogens is 1. The molecule has 21 heavy (non-hydrogen) atoms. The summed E-state index contributed by atoms with van der Waals surface area (Å²) in [6, 6.07) is 11.1. The molecule has 0 amide bonds. The molecule has 3 nitrogen and oxygen atoms in total. The van der Waals surface area contributed by atoms with E-state index in [0.717, 1.165) is 0 Å². The molecule has 106 valence electrons. The summed E-state index contributed by atoms with van der Waals surface area (Å²) in [5, 5.41) is 4.60. The Kier molecular flexibility index (Phi) is 3.57. The van der Waals surface area contributed by atoms with E-state index >= 15 is 0 Å². The van der Waals surface area contributed by atoms with Crippen LogP contribution in [0.2, 0.25) is 10.0 Å². The molecular formula is C15H9Cl2FN2O.